The van der Waals surface area contributed by atoms with Gasteiger partial charge in [0.1, 0.15) is 5.52 Å². The van der Waals surface area contributed by atoms with Gasteiger partial charge in [0.25, 0.3) is 0 Å². The first-order valence-corrected chi connectivity index (χ1v) is 9.09. The van der Waals surface area contributed by atoms with Crippen molar-refractivity contribution >= 4 is 40.1 Å². The Balaban J connectivity index is 1.95. The fourth-order valence-corrected chi connectivity index (χ4v) is 2.95. The maximum Gasteiger partial charge on any atom is 0.224 e. The van der Waals surface area contributed by atoms with Gasteiger partial charge in [0.05, 0.1) is 11.9 Å². The van der Waals surface area contributed by atoms with E-state index in [2.05, 4.69) is 27.2 Å². The Hall–Kier alpha value is -1.50. The van der Waals surface area contributed by atoms with Gasteiger partial charge >= 0.3 is 0 Å². The van der Waals surface area contributed by atoms with Crippen LogP contribution in [0.25, 0.3) is 11.0 Å². The van der Waals surface area contributed by atoms with E-state index in [1.807, 2.05) is 6.92 Å². The van der Waals surface area contributed by atoms with Crippen molar-refractivity contribution in [1.29, 1.82) is 0 Å². The lowest BCUT2D eigenvalue weighted by atomic mass is 9.95. The molecule has 8 heteroatoms. The summed E-state index contributed by atoms with van der Waals surface area (Å²) in [6.45, 7) is 4.55. The molecule has 0 fully saturated rings. The summed E-state index contributed by atoms with van der Waals surface area (Å²) in [6, 6.07) is 1.74. The van der Waals surface area contributed by atoms with Gasteiger partial charge in [0.2, 0.25) is 11.2 Å². The number of halogens is 2. The smallest absolute Gasteiger partial charge is 0.224 e. The maximum absolute atomic E-state index is 12.2. The van der Waals surface area contributed by atoms with Crippen molar-refractivity contribution in [2.45, 2.75) is 51.5 Å². The molecular formula is C17H23Cl2N5O. The van der Waals surface area contributed by atoms with Crippen LogP contribution in [0.1, 0.15) is 45.1 Å². The minimum absolute atomic E-state index is 0.0480. The third-order valence-corrected chi connectivity index (χ3v) is 4.36. The molecule has 0 aliphatic carbocycles. The summed E-state index contributed by atoms with van der Waals surface area (Å²) >= 11 is 11.8. The predicted molar refractivity (Wildman–Crippen MR) is 101 cm³/mol. The van der Waals surface area contributed by atoms with E-state index in [0.717, 1.165) is 31.2 Å². The second kappa shape index (κ2) is 8.74. The molecule has 0 unspecified atom stereocenters. The molecule has 0 radical (unpaired) electrons. The lowest BCUT2D eigenvalue weighted by molar-refractivity contribution is -0.120. The second-order valence-electron chi connectivity index (χ2n) is 6.56. The van der Waals surface area contributed by atoms with Crippen molar-refractivity contribution < 1.29 is 4.79 Å². The minimum atomic E-state index is -0.402. The van der Waals surface area contributed by atoms with Crippen molar-refractivity contribution in [3.05, 3.63) is 28.3 Å². The number of fused-ring (bicyclic) bond motifs is 1. The maximum atomic E-state index is 12.2. The van der Waals surface area contributed by atoms with Crippen molar-refractivity contribution in [3.63, 3.8) is 0 Å². The normalized spacial score (nSPS) is 13.6. The lowest BCUT2D eigenvalue weighted by Crippen LogP contribution is -2.48. The number of aromatic nitrogens is 3. The number of nitrogens with two attached hydrogens (primary N) is 1. The van der Waals surface area contributed by atoms with Crippen molar-refractivity contribution in [2.75, 3.05) is 6.54 Å². The fourth-order valence-electron chi connectivity index (χ4n) is 2.51. The molecule has 0 saturated carbocycles. The highest BCUT2D eigenvalue weighted by Gasteiger charge is 2.19. The molecule has 25 heavy (non-hydrogen) atoms. The molecular weight excluding hydrogens is 361 g/mol. The van der Waals surface area contributed by atoms with Crippen molar-refractivity contribution in [1.82, 2.24) is 20.3 Å². The van der Waals surface area contributed by atoms with Crippen LogP contribution in [0.3, 0.4) is 0 Å². The number of amides is 1. The van der Waals surface area contributed by atoms with Gasteiger partial charge in [-0.25, -0.2) is 9.97 Å². The summed E-state index contributed by atoms with van der Waals surface area (Å²) in [4.78, 5) is 24.3. The number of hydrogen-bond acceptors (Lipinski definition) is 5. The van der Waals surface area contributed by atoms with Crippen LogP contribution in [-0.4, -0.2) is 32.9 Å². The molecule has 0 spiro atoms. The van der Waals surface area contributed by atoms with Gasteiger partial charge in [-0.15, -0.1) is 0 Å². The van der Waals surface area contributed by atoms with E-state index in [0.29, 0.717) is 17.6 Å². The van der Waals surface area contributed by atoms with E-state index < -0.39 is 5.54 Å². The summed E-state index contributed by atoms with van der Waals surface area (Å²) in [5.74, 6) is -0.112. The average Bonchev–Trinajstić information content (AvgIpc) is 2.53. The van der Waals surface area contributed by atoms with Crippen molar-refractivity contribution in [3.8, 4) is 0 Å². The van der Waals surface area contributed by atoms with E-state index in [4.69, 9.17) is 28.9 Å². The molecule has 0 saturated heterocycles. The minimum Gasteiger partial charge on any atom is -0.354 e. The zero-order valence-corrected chi connectivity index (χ0v) is 16.0. The van der Waals surface area contributed by atoms with Crippen LogP contribution >= 0.6 is 23.2 Å². The summed E-state index contributed by atoms with van der Waals surface area (Å²) in [5.41, 5.74) is 7.53. The van der Waals surface area contributed by atoms with E-state index in [1.54, 1.807) is 12.3 Å². The Morgan fingerprint density at radius 2 is 2.08 bits per heavy atom. The summed E-state index contributed by atoms with van der Waals surface area (Å²) < 4.78 is 0. The van der Waals surface area contributed by atoms with Gasteiger partial charge < -0.3 is 11.1 Å². The van der Waals surface area contributed by atoms with Crippen LogP contribution in [-0.2, 0) is 11.2 Å². The Bertz CT molecular complexity index is 751. The topological polar surface area (TPSA) is 93.8 Å². The van der Waals surface area contributed by atoms with Crippen LogP contribution in [0, 0.1) is 0 Å². The molecule has 0 bridgehead atoms. The molecule has 2 aromatic rings. The highest BCUT2D eigenvalue weighted by Crippen LogP contribution is 2.20. The number of pyridine rings is 1. The van der Waals surface area contributed by atoms with E-state index in [9.17, 15) is 4.79 Å². The van der Waals surface area contributed by atoms with Gasteiger partial charge in [0.15, 0.2) is 5.15 Å². The SMILES string of the molecule is CCCCC[C@@](C)(N)CNC(=O)Cc1cnc2c(Cl)nc(Cl)nc2c1. The Kier molecular flexibility index (Phi) is 6.93. The van der Waals surface area contributed by atoms with Crippen LogP contribution in [0.4, 0.5) is 0 Å². The third-order valence-electron chi connectivity index (χ3n) is 3.93. The van der Waals surface area contributed by atoms with Gasteiger partial charge in [-0.3, -0.25) is 9.78 Å². The Morgan fingerprint density at radius 3 is 2.80 bits per heavy atom. The number of nitrogens with zero attached hydrogens (tertiary/aromatic N) is 3. The Morgan fingerprint density at radius 1 is 1.32 bits per heavy atom. The largest absolute Gasteiger partial charge is 0.354 e. The highest BCUT2D eigenvalue weighted by molar-refractivity contribution is 6.35. The van der Waals surface area contributed by atoms with Gasteiger partial charge in [-0.05, 0) is 36.6 Å². The highest BCUT2D eigenvalue weighted by atomic mass is 35.5. The van der Waals surface area contributed by atoms with Crippen LogP contribution in [0.2, 0.25) is 10.4 Å². The quantitative estimate of drug-likeness (QED) is 0.414. The van der Waals surface area contributed by atoms with Gasteiger partial charge in [-0.1, -0.05) is 37.8 Å². The zero-order chi connectivity index (χ0) is 18.4. The number of carbonyl (C=O) groups is 1. The molecule has 2 aromatic heterocycles. The number of rotatable bonds is 8. The average molecular weight is 384 g/mol. The molecule has 136 valence electrons. The molecule has 3 N–H and O–H groups in total. The van der Waals surface area contributed by atoms with Crippen LogP contribution < -0.4 is 11.1 Å². The van der Waals surface area contributed by atoms with Crippen LogP contribution in [0.15, 0.2) is 12.3 Å². The summed E-state index contributed by atoms with van der Waals surface area (Å²) in [6.07, 6.45) is 6.02. The molecule has 1 amide bonds. The third kappa shape index (κ3) is 6.06. The van der Waals surface area contributed by atoms with Gasteiger partial charge in [-0.2, -0.15) is 0 Å². The molecule has 0 aromatic carbocycles. The lowest BCUT2D eigenvalue weighted by Gasteiger charge is -2.25. The predicted octanol–water partition coefficient (Wildman–Crippen LogP) is 3.29. The second-order valence-corrected chi connectivity index (χ2v) is 7.26. The molecule has 0 aliphatic rings. The number of nitrogens with one attached hydrogen (secondary N) is 1. The molecule has 6 nitrogen and oxygen atoms in total. The fraction of sp³-hybridized carbons (Fsp3) is 0.529. The summed E-state index contributed by atoms with van der Waals surface area (Å²) in [7, 11) is 0. The first-order valence-electron chi connectivity index (χ1n) is 8.34. The molecule has 0 aliphatic heterocycles. The zero-order valence-electron chi connectivity index (χ0n) is 14.5. The first kappa shape index (κ1) is 19.8. The van der Waals surface area contributed by atoms with E-state index in [1.165, 1.54) is 0 Å². The number of unbranched alkanes of at least 4 members (excludes halogenated alkanes) is 2. The van der Waals surface area contributed by atoms with Crippen molar-refractivity contribution in [2.24, 2.45) is 5.73 Å². The molecule has 1 atom stereocenters. The Labute approximate surface area is 157 Å². The molecule has 2 rings (SSSR count). The van der Waals surface area contributed by atoms with E-state index >= 15 is 0 Å². The standard InChI is InChI=1S/C17H23Cl2N5O/c1-3-4-5-6-17(2,20)10-22-13(25)8-11-7-12-14(21-9-11)15(18)24-16(19)23-12/h7,9H,3-6,8,10,20H2,1-2H3,(H,22,25)/t17-/m1/s1. The number of carbonyl (C=O) groups excluding carboxylic acids is 1. The van der Waals surface area contributed by atoms with E-state index in [-0.39, 0.29) is 22.8 Å². The van der Waals surface area contributed by atoms with Crippen LogP contribution in [0.5, 0.6) is 0 Å². The number of hydrogen-bond donors (Lipinski definition) is 2. The summed E-state index contributed by atoms with van der Waals surface area (Å²) in [5, 5.41) is 3.13. The molecule has 2 heterocycles. The first-order chi connectivity index (χ1) is 11.8. The van der Waals surface area contributed by atoms with Gasteiger partial charge in [0, 0.05) is 18.3 Å². The monoisotopic (exact) mass is 383 g/mol.